The Balaban J connectivity index is 1.63. The maximum atomic E-state index is 12.4. The number of amides is 1. The van der Waals surface area contributed by atoms with Gasteiger partial charge < -0.3 is 10.1 Å². The van der Waals surface area contributed by atoms with Gasteiger partial charge in [-0.1, -0.05) is 41.4 Å². The molecule has 0 saturated heterocycles. The van der Waals surface area contributed by atoms with Crippen LogP contribution in [0.15, 0.2) is 48.5 Å². The highest BCUT2D eigenvalue weighted by molar-refractivity contribution is 6.42. The van der Waals surface area contributed by atoms with E-state index < -0.39 is 0 Å². The largest absolute Gasteiger partial charge is 0.487 e. The highest BCUT2D eigenvalue weighted by atomic mass is 35.5. The van der Waals surface area contributed by atoms with Crippen LogP contribution in [0, 0.1) is 6.92 Å². The summed E-state index contributed by atoms with van der Waals surface area (Å²) in [6, 6.07) is 14.4. The van der Waals surface area contributed by atoms with Crippen LogP contribution in [0.1, 0.15) is 27.3 Å². The van der Waals surface area contributed by atoms with E-state index in [0.717, 1.165) is 17.0 Å². The molecule has 0 atom stereocenters. The summed E-state index contributed by atoms with van der Waals surface area (Å²) in [4.78, 5) is 12.4. The van der Waals surface area contributed by atoms with Crippen molar-refractivity contribution in [2.75, 3.05) is 0 Å². The van der Waals surface area contributed by atoms with E-state index in [1.54, 1.807) is 35.0 Å². The number of hydrogen-bond donors (Lipinski definition) is 1. The summed E-state index contributed by atoms with van der Waals surface area (Å²) in [5.41, 5.74) is 3.28. The van der Waals surface area contributed by atoms with E-state index in [1.165, 1.54) is 0 Å². The molecule has 1 heterocycles. The van der Waals surface area contributed by atoms with E-state index in [2.05, 4.69) is 10.4 Å². The third kappa shape index (κ3) is 4.81. The lowest BCUT2D eigenvalue weighted by atomic mass is 10.1. The molecule has 5 nitrogen and oxygen atoms in total. The first-order chi connectivity index (χ1) is 12.9. The molecule has 0 saturated carbocycles. The Hall–Kier alpha value is -2.50. The van der Waals surface area contributed by atoms with Crippen molar-refractivity contribution in [1.82, 2.24) is 15.1 Å². The molecule has 0 aliphatic carbocycles. The van der Waals surface area contributed by atoms with Gasteiger partial charge in [0.05, 0.1) is 23.0 Å². The number of nitrogens with one attached hydrogen (secondary N) is 1. The van der Waals surface area contributed by atoms with E-state index >= 15 is 0 Å². The van der Waals surface area contributed by atoms with Crippen molar-refractivity contribution >= 4 is 29.1 Å². The average molecular weight is 404 g/mol. The van der Waals surface area contributed by atoms with Crippen LogP contribution >= 0.6 is 23.2 Å². The second-order valence-electron chi connectivity index (χ2n) is 6.12. The highest BCUT2D eigenvalue weighted by Gasteiger charge is 2.10. The predicted molar refractivity (Wildman–Crippen MR) is 106 cm³/mol. The Morgan fingerprint density at radius 3 is 2.70 bits per heavy atom. The van der Waals surface area contributed by atoms with Crippen molar-refractivity contribution in [3.63, 3.8) is 0 Å². The molecule has 0 fully saturated rings. The van der Waals surface area contributed by atoms with E-state index in [1.807, 2.05) is 32.2 Å². The monoisotopic (exact) mass is 403 g/mol. The molecule has 0 spiro atoms. The Morgan fingerprint density at radius 2 is 1.96 bits per heavy atom. The number of benzene rings is 2. The van der Waals surface area contributed by atoms with E-state index in [4.69, 9.17) is 27.9 Å². The minimum absolute atomic E-state index is 0.156. The molecule has 0 aliphatic heterocycles. The molecule has 7 heteroatoms. The third-order valence-electron chi connectivity index (χ3n) is 4.03. The summed E-state index contributed by atoms with van der Waals surface area (Å²) in [5.74, 6) is 0.349. The zero-order chi connectivity index (χ0) is 19.4. The minimum Gasteiger partial charge on any atom is -0.487 e. The zero-order valence-electron chi connectivity index (χ0n) is 15.0. The molecule has 1 amide bonds. The smallest absolute Gasteiger partial charge is 0.251 e. The van der Waals surface area contributed by atoms with Gasteiger partial charge in [-0.2, -0.15) is 5.10 Å². The lowest BCUT2D eigenvalue weighted by Crippen LogP contribution is -2.24. The predicted octanol–water partition coefficient (Wildman–Crippen LogP) is 4.54. The fraction of sp³-hybridized carbons (Fsp3) is 0.200. The number of aryl methyl sites for hydroxylation is 2. The van der Waals surface area contributed by atoms with Gasteiger partial charge in [0, 0.05) is 12.6 Å². The summed E-state index contributed by atoms with van der Waals surface area (Å²) in [6.07, 6.45) is 0. The number of halogens is 2. The van der Waals surface area contributed by atoms with Crippen LogP contribution in [0.25, 0.3) is 0 Å². The molecular formula is C20H19Cl2N3O2. The van der Waals surface area contributed by atoms with Crippen molar-refractivity contribution in [2.24, 2.45) is 7.05 Å². The van der Waals surface area contributed by atoms with Gasteiger partial charge in [0.15, 0.2) is 0 Å². The lowest BCUT2D eigenvalue weighted by molar-refractivity contribution is 0.0950. The molecule has 140 valence electrons. The SMILES string of the molecule is Cc1cc(CNC(=O)c2cccc(COc3cccc(Cl)c3Cl)c2)n(C)n1. The first kappa shape index (κ1) is 19.3. The third-order valence-corrected chi connectivity index (χ3v) is 4.83. The molecule has 3 aromatic rings. The molecule has 1 N–H and O–H groups in total. The number of ether oxygens (including phenoxy) is 1. The van der Waals surface area contributed by atoms with Crippen LogP contribution in [-0.4, -0.2) is 15.7 Å². The molecule has 0 radical (unpaired) electrons. The Labute approximate surface area is 167 Å². The van der Waals surface area contributed by atoms with Gasteiger partial charge >= 0.3 is 0 Å². The van der Waals surface area contributed by atoms with Crippen LogP contribution in [0.3, 0.4) is 0 Å². The van der Waals surface area contributed by atoms with Crippen molar-refractivity contribution < 1.29 is 9.53 Å². The number of carbonyl (C=O) groups excluding carboxylic acids is 1. The van der Waals surface area contributed by atoms with Crippen LogP contribution in [-0.2, 0) is 20.2 Å². The second kappa shape index (κ2) is 8.46. The van der Waals surface area contributed by atoms with Gasteiger partial charge in [-0.05, 0) is 42.8 Å². The van der Waals surface area contributed by atoms with E-state index in [0.29, 0.717) is 27.9 Å². The normalized spacial score (nSPS) is 10.7. The first-order valence-electron chi connectivity index (χ1n) is 8.37. The van der Waals surface area contributed by atoms with Gasteiger partial charge in [0.25, 0.3) is 5.91 Å². The molecule has 0 bridgehead atoms. The molecule has 0 unspecified atom stereocenters. The van der Waals surface area contributed by atoms with Gasteiger partial charge in [-0.25, -0.2) is 0 Å². The first-order valence-corrected chi connectivity index (χ1v) is 9.13. The maximum absolute atomic E-state index is 12.4. The number of aromatic nitrogens is 2. The molecule has 3 rings (SSSR count). The van der Waals surface area contributed by atoms with Crippen LogP contribution in [0.4, 0.5) is 0 Å². The standard InChI is InChI=1S/C20H19Cl2N3O2/c1-13-9-16(25(2)24-13)11-23-20(26)15-6-3-5-14(10-15)12-27-18-8-4-7-17(21)19(18)22/h3-10H,11-12H2,1-2H3,(H,23,26). The average Bonchev–Trinajstić information content (AvgIpc) is 2.98. The molecule has 2 aromatic carbocycles. The van der Waals surface area contributed by atoms with Crippen LogP contribution in [0.2, 0.25) is 10.0 Å². The molecule has 0 aliphatic rings. The fourth-order valence-electron chi connectivity index (χ4n) is 2.66. The fourth-order valence-corrected chi connectivity index (χ4v) is 3.01. The van der Waals surface area contributed by atoms with Gasteiger partial charge in [-0.15, -0.1) is 0 Å². The van der Waals surface area contributed by atoms with Gasteiger partial charge in [0.1, 0.15) is 17.4 Å². The topological polar surface area (TPSA) is 56.1 Å². The second-order valence-corrected chi connectivity index (χ2v) is 6.91. The quantitative estimate of drug-likeness (QED) is 0.656. The maximum Gasteiger partial charge on any atom is 0.251 e. The van der Waals surface area contributed by atoms with Crippen molar-refractivity contribution in [2.45, 2.75) is 20.1 Å². The Morgan fingerprint density at radius 1 is 1.19 bits per heavy atom. The molecular weight excluding hydrogens is 385 g/mol. The van der Waals surface area contributed by atoms with Gasteiger partial charge in [0.2, 0.25) is 0 Å². The minimum atomic E-state index is -0.156. The summed E-state index contributed by atoms with van der Waals surface area (Å²) in [5, 5.41) is 7.99. The number of nitrogens with zero attached hydrogens (tertiary/aromatic N) is 2. The summed E-state index contributed by atoms with van der Waals surface area (Å²) in [6.45, 7) is 2.61. The summed E-state index contributed by atoms with van der Waals surface area (Å²) in [7, 11) is 1.85. The number of carbonyl (C=O) groups is 1. The van der Waals surface area contributed by atoms with Crippen LogP contribution in [0.5, 0.6) is 5.75 Å². The van der Waals surface area contributed by atoms with E-state index in [9.17, 15) is 4.79 Å². The Bertz CT molecular complexity index is 970. The van der Waals surface area contributed by atoms with Crippen LogP contribution < -0.4 is 10.1 Å². The van der Waals surface area contributed by atoms with Crippen molar-refractivity contribution in [3.05, 3.63) is 81.1 Å². The van der Waals surface area contributed by atoms with Gasteiger partial charge in [-0.3, -0.25) is 9.48 Å². The zero-order valence-corrected chi connectivity index (χ0v) is 16.5. The molecule has 27 heavy (non-hydrogen) atoms. The lowest BCUT2D eigenvalue weighted by Gasteiger charge is -2.10. The highest BCUT2D eigenvalue weighted by Crippen LogP contribution is 2.31. The van der Waals surface area contributed by atoms with Crippen molar-refractivity contribution in [3.8, 4) is 5.75 Å². The number of hydrogen-bond acceptors (Lipinski definition) is 3. The Kier molecular flexibility index (Phi) is 6.04. The summed E-state index contributed by atoms with van der Waals surface area (Å²) < 4.78 is 7.49. The molecule has 1 aromatic heterocycles. The summed E-state index contributed by atoms with van der Waals surface area (Å²) >= 11 is 12.1. The van der Waals surface area contributed by atoms with E-state index in [-0.39, 0.29) is 12.5 Å². The van der Waals surface area contributed by atoms with Crippen molar-refractivity contribution in [1.29, 1.82) is 0 Å². The number of rotatable bonds is 6.